The van der Waals surface area contributed by atoms with E-state index in [2.05, 4.69) is 5.10 Å². The molecule has 0 N–H and O–H groups in total. The lowest BCUT2D eigenvalue weighted by Gasteiger charge is -2.24. The van der Waals surface area contributed by atoms with Crippen LogP contribution in [-0.4, -0.2) is 33.2 Å². The molecular weight excluding hydrogens is 302 g/mol. The predicted molar refractivity (Wildman–Crippen MR) is 91.9 cm³/mol. The molecule has 1 fully saturated rings. The topological polar surface area (TPSA) is 51.3 Å². The Kier molecular flexibility index (Phi) is 3.63. The molecule has 1 amide bonds. The third-order valence-electron chi connectivity index (χ3n) is 5.03. The van der Waals surface area contributed by atoms with Gasteiger partial charge in [0, 0.05) is 43.3 Å². The van der Waals surface area contributed by atoms with Crippen LogP contribution in [0.25, 0.3) is 11.0 Å². The van der Waals surface area contributed by atoms with Gasteiger partial charge in [-0.05, 0) is 31.4 Å². The number of benzene rings is 1. The fourth-order valence-corrected chi connectivity index (χ4v) is 3.68. The average Bonchev–Trinajstić information content (AvgIpc) is 3.28. The van der Waals surface area contributed by atoms with Gasteiger partial charge in [0.15, 0.2) is 0 Å². The number of aromatic nitrogens is 2. The zero-order valence-corrected chi connectivity index (χ0v) is 14.0. The summed E-state index contributed by atoms with van der Waals surface area (Å²) in [6.45, 7) is 2.81. The Morgan fingerprint density at radius 3 is 3.04 bits per heavy atom. The Hall–Kier alpha value is -2.56. The van der Waals surface area contributed by atoms with E-state index < -0.39 is 0 Å². The number of likely N-dealkylation sites (tertiary alicyclic amines) is 1. The Balaban J connectivity index is 1.63. The molecule has 1 atom stereocenters. The van der Waals surface area contributed by atoms with Crippen molar-refractivity contribution >= 4 is 16.9 Å². The molecule has 0 aliphatic carbocycles. The second-order valence-corrected chi connectivity index (χ2v) is 6.55. The second kappa shape index (κ2) is 5.82. The SMILES string of the molecule is Cc1cccc2c(C(=O)N3CCC[C@H]3Cc3ccnn3C)coc12. The first-order valence-corrected chi connectivity index (χ1v) is 8.40. The normalized spacial score (nSPS) is 17.8. The second-order valence-electron chi connectivity index (χ2n) is 6.55. The molecule has 1 aliphatic heterocycles. The first-order chi connectivity index (χ1) is 11.6. The highest BCUT2D eigenvalue weighted by Crippen LogP contribution is 2.29. The molecule has 3 heterocycles. The molecule has 0 radical (unpaired) electrons. The molecule has 0 spiro atoms. The van der Waals surface area contributed by atoms with E-state index in [1.807, 2.05) is 54.0 Å². The number of hydrogen-bond acceptors (Lipinski definition) is 3. The van der Waals surface area contributed by atoms with Crippen molar-refractivity contribution in [2.24, 2.45) is 7.05 Å². The summed E-state index contributed by atoms with van der Waals surface area (Å²) in [4.78, 5) is 15.1. The summed E-state index contributed by atoms with van der Waals surface area (Å²) in [5.74, 6) is 0.0732. The third kappa shape index (κ3) is 2.40. The largest absolute Gasteiger partial charge is 0.463 e. The summed E-state index contributed by atoms with van der Waals surface area (Å²) in [5, 5.41) is 5.14. The zero-order valence-electron chi connectivity index (χ0n) is 14.0. The van der Waals surface area contributed by atoms with Crippen molar-refractivity contribution < 1.29 is 9.21 Å². The summed E-state index contributed by atoms with van der Waals surface area (Å²) in [6.07, 6.45) is 6.34. The molecule has 5 nitrogen and oxygen atoms in total. The quantitative estimate of drug-likeness (QED) is 0.743. The third-order valence-corrected chi connectivity index (χ3v) is 5.03. The molecule has 4 rings (SSSR count). The molecule has 1 saturated heterocycles. The summed E-state index contributed by atoms with van der Waals surface area (Å²) in [6, 6.07) is 8.19. The van der Waals surface area contributed by atoms with E-state index in [9.17, 15) is 4.79 Å². The molecule has 2 aromatic heterocycles. The van der Waals surface area contributed by atoms with Gasteiger partial charge in [-0.3, -0.25) is 9.48 Å². The summed E-state index contributed by atoms with van der Waals surface area (Å²) < 4.78 is 7.55. The van der Waals surface area contributed by atoms with Crippen molar-refractivity contribution in [2.45, 2.75) is 32.2 Å². The van der Waals surface area contributed by atoms with Gasteiger partial charge in [0.25, 0.3) is 5.91 Å². The van der Waals surface area contributed by atoms with Crippen molar-refractivity contribution in [3.63, 3.8) is 0 Å². The van der Waals surface area contributed by atoms with E-state index in [0.29, 0.717) is 5.56 Å². The van der Waals surface area contributed by atoms with Gasteiger partial charge in [-0.1, -0.05) is 18.2 Å². The maximum absolute atomic E-state index is 13.1. The van der Waals surface area contributed by atoms with Crippen molar-refractivity contribution in [3.8, 4) is 0 Å². The Labute approximate surface area is 140 Å². The minimum atomic E-state index is 0.0732. The lowest BCUT2D eigenvalue weighted by Crippen LogP contribution is -2.37. The van der Waals surface area contributed by atoms with Crippen LogP contribution in [0.3, 0.4) is 0 Å². The minimum Gasteiger partial charge on any atom is -0.463 e. The van der Waals surface area contributed by atoms with Crippen molar-refractivity contribution in [3.05, 3.63) is 53.5 Å². The first-order valence-electron chi connectivity index (χ1n) is 8.40. The first kappa shape index (κ1) is 15.0. The van der Waals surface area contributed by atoms with Crippen molar-refractivity contribution in [1.82, 2.24) is 14.7 Å². The van der Waals surface area contributed by atoms with Gasteiger partial charge >= 0.3 is 0 Å². The minimum absolute atomic E-state index is 0.0732. The van der Waals surface area contributed by atoms with Crippen LogP contribution in [0, 0.1) is 6.92 Å². The van der Waals surface area contributed by atoms with Crippen LogP contribution in [0.2, 0.25) is 0 Å². The van der Waals surface area contributed by atoms with Crippen LogP contribution in [0.15, 0.2) is 41.1 Å². The van der Waals surface area contributed by atoms with E-state index in [1.54, 1.807) is 6.26 Å². The van der Waals surface area contributed by atoms with Crippen molar-refractivity contribution in [1.29, 1.82) is 0 Å². The fraction of sp³-hybridized carbons (Fsp3) is 0.368. The van der Waals surface area contributed by atoms with Crippen LogP contribution < -0.4 is 0 Å². The van der Waals surface area contributed by atoms with Crippen LogP contribution >= 0.6 is 0 Å². The number of fused-ring (bicyclic) bond motifs is 1. The van der Waals surface area contributed by atoms with Crippen LogP contribution in [0.5, 0.6) is 0 Å². The molecule has 3 aromatic rings. The number of carbonyl (C=O) groups excluding carboxylic acids is 1. The van der Waals surface area contributed by atoms with E-state index in [0.717, 1.165) is 48.0 Å². The number of carbonyl (C=O) groups is 1. The Morgan fingerprint density at radius 2 is 2.25 bits per heavy atom. The number of nitrogens with zero attached hydrogens (tertiary/aromatic N) is 3. The molecular formula is C19H21N3O2. The van der Waals surface area contributed by atoms with E-state index in [1.165, 1.54) is 0 Å². The highest BCUT2D eigenvalue weighted by Gasteiger charge is 2.31. The monoisotopic (exact) mass is 323 g/mol. The van der Waals surface area contributed by atoms with Gasteiger partial charge in [-0.2, -0.15) is 5.10 Å². The maximum Gasteiger partial charge on any atom is 0.258 e. The van der Waals surface area contributed by atoms with Gasteiger partial charge in [0.05, 0.1) is 5.56 Å². The highest BCUT2D eigenvalue weighted by atomic mass is 16.3. The Morgan fingerprint density at radius 1 is 1.38 bits per heavy atom. The standard InChI is InChI=1S/C19H21N3O2/c1-13-5-3-7-16-17(12-24-18(13)16)19(23)22-10-4-6-15(22)11-14-8-9-20-21(14)2/h3,5,7-9,12,15H,4,6,10-11H2,1-2H3/t15-/m0/s1. The number of furan rings is 1. The molecule has 5 heteroatoms. The molecule has 0 saturated carbocycles. The predicted octanol–water partition coefficient (Wildman–Crippen LogP) is 3.32. The molecule has 24 heavy (non-hydrogen) atoms. The summed E-state index contributed by atoms with van der Waals surface area (Å²) >= 11 is 0. The van der Waals surface area contributed by atoms with E-state index in [4.69, 9.17) is 4.42 Å². The van der Waals surface area contributed by atoms with E-state index in [-0.39, 0.29) is 11.9 Å². The highest BCUT2D eigenvalue weighted by molar-refractivity contribution is 6.06. The van der Waals surface area contributed by atoms with Crippen LogP contribution in [-0.2, 0) is 13.5 Å². The molecule has 1 aliphatic rings. The fourth-order valence-electron chi connectivity index (χ4n) is 3.68. The lowest BCUT2D eigenvalue weighted by atomic mass is 10.1. The number of hydrogen-bond donors (Lipinski definition) is 0. The molecule has 1 aromatic carbocycles. The number of rotatable bonds is 3. The zero-order chi connectivity index (χ0) is 16.7. The van der Waals surface area contributed by atoms with Crippen molar-refractivity contribution in [2.75, 3.05) is 6.54 Å². The average molecular weight is 323 g/mol. The molecule has 124 valence electrons. The lowest BCUT2D eigenvalue weighted by molar-refractivity contribution is 0.0736. The van der Waals surface area contributed by atoms with Crippen LogP contribution in [0.1, 0.15) is 34.5 Å². The smallest absolute Gasteiger partial charge is 0.258 e. The molecule has 0 bridgehead atoms. The van der Waals surface area contributed by atoms with Gasteiger partial charge in [-0.25, -0.2) is 0 Å². The maximum atomic E-state index is 13.1. The number of aryl methyl sites for hydroxylation is 2. The summed E-state index contributed by atoms with van der Waals surface area (Å²) in [5.41, 5.74) is 3.70. The number of amides is 1. The summed E-state index contributed by atoms with van der Waals surface area (Å²) in [7, 11) is 1.95. The van der Waals surface area contributed by atoms with Gasteiger partial charge in [0.2, 0.25) is 0 Å². The van der Waals surface area contributed by atoms with Gasteiger partial charge < -0.3 is 9.32 Å². The van der Waals surface area contributed by atoms with Crippen LogP contribution in [0.4, 0.5) is 0 Å². The number of para-hydroxylation sites is 1. The van der Waals surface area contributed by atoms with Gasteiger partial charge in [-0.15, -0.1) is 0 Å². The van der Waals surface area contributed by atoms with E-state index >= 15 is 0 Å². The van der Waals surface area contributed by atoms with Gasteiger partial charge in [0.1, 0.15) is 11.8 Å². The Bertz CT molecular complexity index is 893. The molecule has 0 unspecified atom stereocenters.